The third-order valence-corrected chi connectivity index (χ3v) is 4.16. The number of hydrogen-bond donors (Lipinski definition) is 1. The quantitative estimate of drug-likeness (QED) is 0.903. The van der Waals surface area contributed by atoms with Crippen LogP contribution in [0.15, 0.2) is 24.3 Å². The van der Waals surface area contributed by atoms with E-state index < -0.39 is 0 Å². The summed E-state index contributed by atoms with van der Waals surface area (Å²) >= 11 is 0. The molecule has 2 heterocycles. The second-order valence-electron chi connectivity index (χ2n) is 5.61. The van der Waals surface area contributed by atoms with Gasteiger partial charge in [-0.05, 0) is 36.8 Å². The Hall–Kier alpha value is -1.06. The van der Waals surface area contributed by atoms with Crippen LogP contribution in [0.5, 0.6) is 5.75 Å². The molecule has 1 N–H and O–H groups in total. The van der Waals surface area contributed by atoms with E-state index >= 15 is 0 Å². The van der Waals surface area contributed by atoms with Gasteiger partial charge < -0.3 is 14.8 Å². The van der Waals surface area contributed by atoms with Gasteiger partial charge in [0.05, 0.1) is 13.2 Å². The van der Waals surface area contributed by atoms with E-state index in [1.165, 1.54) is 18.4 Å². The van der Waals surface area contributed by atoms with Gasteiger partial charge in [-0.2, -0.15) is 0 Å². The molecule has 0 aliphatic carbocycles. The van der Waals surface area contributed by atoms with Gasteiger partial charge in [-0.1, -0.05) is 18.2 Å². The van der Waals surface area contributed by atoms with Gasteiger partial charge in [0.1, 0.15) is 5.75 Å². The Kier molecular flexibility index (Phi) is 4.36. The van der Waals surface area contributed by atoms with Crippen LogP contribution in [0.4, 0.5) is 0 Å². The van der Waals surface area contributed by atoms with Crippen LogP contribution in [0.1, 0.15) is 30.7 Å². The molecule has 0 radical (unpaired) electrons. The van der Waals surface area contributed by atoms with Gasteiger partial charge in [-0.3, -0.25) is 0 Å². The molecule has 1 saturated heterocycles. The number of benzene rings is 1. The van der Waals surface area contributed by atoms with Crippen LogP contribution in [0.3, 0.4) is 0 Å². The predicted octanol–water partition coefficient (Wildman–Crippen LogP) is 2.57. The zero-order valence-corrected chi connectivity index (χ0v) is 11.4. The average Bonchev–Trinajstić information content (AvgIpc) is 2.49. The lowest BCUT2D eigenvalue weighted by Crippen LogP contribution is -2.33. The van der Waals surface area contributed by atoms with Crippen LogP contribution in [0.2, 0.25) is 0 Å². The standard InChI is InChI=1S/C16H23NO2/c1-2-6-16-15(5-1)14(7-9-19-16)11-17-10-13-4-3-8-18-12-13/h1-2,5-6,13-14,17H,3-4,7-12H2. The lowest BCUT2D eigenvalue weighted by molar-refractivity contribution is 0.0546. The van der Waals surface area contributed by atoms with Gasteiger partial charge in [0, 0.05) is 25.6 Å². The topological polar surface area (TPSA) is 30.5 Å². The number of fused-ring (bicyclic) bond motifs is 1. The van der Waals surface area contributed by atoms with Crippen LogP contribution in [0, 0.1) is 5.92 Å². The summed E-state index contributed by atoms with van der Waals surface area (Å²) in [5.41, 5.74) is 1.36. The second kappa shape index (κ2) is 6.40. The highest BCUT2D eigenvalue weighted by Gasteiger charge is 2.21. The first-order chi connectivity index (χ1) is 9.43. The molecule has 2 aliphatic rings. The minimum Gasteiger partial charge on any atom is -0.493 e. The minimum absolute atomic E-state index is 0.592. The highest BCUT2D eigenvalue weighted by atomic mass is 16.5. The van der Waals surface area contributed by atoms with Gasteiger partial charge in [0.25, 0.3) is 0 Å². The average molecular weight is 261 g/mol. The maximum atomic E-state index is 5.70. The molecule has 0 bridgehead atoms. The maximum Gasteiger partial charge on any atom is 0.122 e. The molecule has 2 aliphatic heterocycles. The summed E-state index contributed by atoms with van der Waals surface area (Å²) in [5.74, 6) is 2.36. The minimum atomic E-state index is 0.592. The molecule has 104 valence electrons. The monoisotopic (exact) mass is 261 g/mol. The van der Waals surface area contributed by atoms with Crippen molar-refractivity contribution in [2.75, 3.05) is 32.9 Å². The summed E-state index contributed by atoms with van der Waals surface area (Å²) in [7, 11) is 0. The van der Waals surface area contributed by atoms with Crippen LogP contribution in [-0.2, 0) is 4.74 Å². The lowest BCUT2D eigenvalue weighted by Gasteiger charge is -2.27. The SMILES string of the molecule is c1ccc2c(c1)OCCC2CNCC1CCCOC1. The van der Waals surface area contributed by atoms with Gasteiger partial charge in [-0.15, -0.1) is 0 Å². The molecule has 19 heavy (non-hydrogen) atoms. The molecule has 0 spiro atoms. The predicted molar refractivity (Wildman–Crippen MR) is 75.7 cm³/mol. The molecule has 0 aromatic heterocycles. The largest absolute Gasteiger partial charge is 0.493 e. The van der Waals surface area contributed by atoms with E-state index in [0.29, 0.717) is 11.8 Å². The molecular weight excluding hydrogens is 238 g/mol. The summed E-state index contributed by atoms with van der Waals surface area (Å²) in [4.78, 5) is 0. The maximum absolute atomic E-state index is 5.70. The van der Waals surface area contributed by atoms with E-state index in [0.717, 1.165) is 45.1 Å². The summed E-state index contributed by atoms with van der Waals surface area (Å²) in [5, 5.41) is 3.63. The number of nitrogens with one attached hydrogen (secondary N) is 1. The Morgan fingerprint density at radius 1 is 1.11 bits per heavy atom. The van der Waals surface area contributed by atoms with Crippen LogP contribution >= 0.6 is 0 Å². The van der Waals surface area contributed by atoms with Gasteiger partial charge in [0.15, 0.2) is 0 Å². The zero-order chi connectivity index (χ0) is 12.9. The van der Waals surface area contributed by atoms with Crippen molar-refractivity contribution in [3.63, 3.8) is 0 Å². The normalized spacial score (nSPS) is 26.5. The van der Waals surface area contributed by atoms with Crippen molar-refractivity contribution in [2.45, 2.75) is 25.2 Å². The fraction of sp³-hybridized carbons (Fsp3) is 0.625. The van der Waals surface area contributed by atoms with Gasteiger partial charge in [0.2, 0.25) is 0 Å². The highest BCUT2D eigenvalue weighted by Crippen LogP contribution is 2.32. The molecule has 1 aromatic carbocycles. The molecular formula is C16H23NO2. The number of hydrogen-bond acceptors (Lipinski definition) is 3. The Morgan fingerprint density at radius 2 is 2.05 bits per heavy atom. The van der Waals surface area contributed by atoms with Crippen LogP contribution in [0.25, 0.3) is 0 Å². The number of rotatable bonds is 4. The van der Waals surface area contributed by atoms with E-state index in [-0.39, 0.29) is 0 Å². The van der Waals surface area contributed by atoms with Crippen molar-refractivity contribution in [3.8, 4) is 5.75 Å². The zero-order valence-electron chi connectivity index (χ0n) is 11.4. The van der Waals surface area contributed by atoms with Crippen molar-refractivity contribution < 1.29 is 9.47 Å². The Morgan fingerprint density at radius 3 is 2.95 bits per heavy atom. The van der Waals surface area contributed by atoms with E-state index in [9.17, 15) is 0 Å². The first kappa shape index (κ1) is 12.9. The van der Waals surface area contributed by atoms with E-state index in [1.807, 2.05) is 6.07 Å². The lowest BCUT2D eigenvalue weighted by atomic mass is 9.93. The van der Waals surface area contributed by atoms with Crippen LogP contribution in [-0.4, -0.2) is 32.9 Å². The van der Waals surface area contributed by atoms with Crippen molar-refractivity contribution >= 4 is 0 Å². The van der Waals surface area contributed by atoms with E-state index in [1.54, 1.807) is 0 Å². The van der Waals surface area contributed by atoms with Crippen molar-refractivity contribution in [3.05, 3.63) is 29.8 Å². The Labute approximate surface area is 115 Å². The smallest absolute Gasteiger partial charge is 0.122 e. The second-order valence-corrected chi connectivity index (χ2v) is 5.61. The molecule has 0 saturated carbocycles. The first-order valence-electron chi connectivity index (χ1n) is 7.43. The molecule has 1 fully saturated rings. The van der Waals surface area contributed by atoms with Crippen molar-refractivity contribution in [1.29, 1.82) is 0 Å². The van der Waals surface area contributed by atoms with Crippen molar-refractivity contribution in [1.82, 2.24) is 5.32 Å². The van der Waals surface area contributed by atoms with Gasteiger partial charge >= 0.3 is 0 Å². The molecule has 3 heteroatoms. The third-order valence-electron chi connectivity index (χ3n) is 4.16. The Bertz CT molecular complexity index is 401. The van der Waals surface area contributed by atoms with E-state index in [4.69, 9.17) is 9.47 Å². The molecule has 2 unspecified atom stereocenters. The molecule has 0 amide bonds. The molecule has 3 nitrogen and oxygen atoms in total. The fourth-order valence-corrected chi connectivity index (χ4v) is 3.06. The third kappa shape index (κ3) is 3.28. The molecule has 3 rings (SSSR count). The summed E-state index contributed by atoms with van der Waals surface area (Å²) < 4.78 is 11.2. The molecule has 1 aromatic rings. The fourth-order valence-electron chi connectivity index (χ4n) is 3.06. The first-order valence-corrected chi connectivity index (χ1v) is 7.43. The van der Waals surface area contributed by atoms with Crippen molar-refractivity contribution in [2.24, 2.45) is 5.92 Å². The molecule has 2 atom stereocenters. The number of ether oxygens (including phenoxy) is 2. The summed E-state index contributed by atoms with van der Waals surface area (Å²) in [6, 6.07) is 8.44. The Balaban J connectivity index is 1.50. The number of para-hydroxylation sites is 1. The van der Waals surface area contributed by atoms with Gasteiger partial charge in [-0.25, -0.2) is 0 Å². The summed E-state index contributed by atoms with van der Waals surface area (Å²) in [6.45, 7) is 4.85. The highest BCUT2D eigenvalue weighted by molar-refractivity contribution is 5.37. The summed E-state index contributed by atoms with van der Waals surface area (Å²) in [6.07, 6.45) is 3.63. The van der Waals surface area contributed by atoms with Crippen LogP contribution < -0.4 is 10.1 Å². The van der Waals surface area contributed by atoms with E-state index in [2.05, 4.69) is 23.5 Å².